The molecular weight excluding hydrogens is 414 g/mol. The molecule has 2 heterocycles. The van der Waals surface area contributed by atoms with Crippen LogP contribution < -0.4 is 4.74 Å². The van der Waals surface area contributed by atoms with Gasteiger partial charge in [0.1, 0.15) is 5.75 Å². The molecule has 1 saturated heterocycles. The van der Waals surface area contributed by atoms with Crippen LogP contribution in [0.2, 0.25) is 0 Å². The van der Waals surface area contributed by atoms with Crippen molar-refractivity contribution < 1.29 is 17.7 Å². The molecule has 4 rings (SSSR count). The lowest BCUT2D eigenvalue weighted by molar-refractivity contribution is 0.242. The molecule has 0 spiro atoms. The third kappa shape index (κ3) is 4.80. The van der Waals surface area contributed by atoms with E-state index in [0.717, 1.165) is 29.7 Å². The van der Waals surface area contributed by atoms with Crippen LogP contribution in [0.4, 0.5) is 0 Å². The highest BCUT2D eigenvalue weighted by Crippen LogP contribution is 2.31. The van der Waals surface area contributed by atoms with E-state index in [1.807, 2.05) is 57.2 Å². The molecule has 0 N–H and O–H groups in total. The van der Waals surface area contributed by atoms with Gasteiger partial charge in [-0.05, 0) is 70.0 Å². The summed E-state index contributed by atoms with van der Waals surface area (Å²) in [5.74, 6) is 1.62. The second-order valence-electron chi connectivity index (χ2n) is 8.16. The first-order valence-electron chi connectivity index (χ1n) is 10.5. The highest BCUT2D eigenvalue weighted by atomic mass is 32.2. The molecular formula is C23H27N3O4S. The van der Waals surface area contributed by atoms with E-state index >= 15 is 0 Å². The van der Waals surface area contributed by atoms with E-state index in [0.29, 0.717) is 29.7 Å². The second kappa shape index (κ2) is 8.80. The number of aromatic nitrogens is 2. The van der Waals surface area contributed by atoms with Gasteiger partial charge >= 0.3 is 0 Å². The fourth-order valence-electron chi connectivity index (χ4n) is 3.69. The molecule has 164 valence electrons. The molecule has 1 aliphatic rings. The zero-order chi connectivity index (χ0) is 22.0. The van der Waals surface area contributed by atoms with Crippen molar-refractivity contribution in [2.24, 2.45) is 0 Å². The number of hydrogen-bond donors (Lipinski definition) is 0. The van der Waals surface area contributed by atoms with Gasteiger partial charge in [0.25, 0.3) is 0 Å². The topological polar surface area (TPSA) is 85.5 Å². The number of ether oxygens (including phenoxy) is 1. The number of sulfonamides is 1. The average molecular weight is 442 g/mol. The van der Waals surface area contributed by atoms with E-state index in [9.17, 15) is 8.42 Å². The van der Waals surface area contributed by atoms with Crippen molar-refractivity contribution in [1.29, 1.82) is 0 Å². The van der Waals surface area contributed by atoms with Crippen molar-refractivity contribution in [2.45, 2.75) is 50.5 Å². The summed E-state index contributed by atoms with van der Waals surface area (Å²) in [5.41, 5.74) is 1.85. The number of piperidine rings is 1. The Labute approximate surface area is 183 Å². The van der Waals surface area contributed by atoms with Crippen molar-refractivity contribution in [3.63, 3.8) is 0 Å². The molecule has 8 heteroatoms. The summed E-state index contributed by atoms with van der Waals surface area (Å²) in [6, 6.07) is 14.5. The third-order valence-electron chi connectivity index (χ3n) is 5.32. The van der Waals surface area contributed by atoms with Crippen molar-refractivity contribution in [2.75, 3.05) is 13.1 Å². The maximum Gasteiger partial charge on any atom is 0.243 e. The van der Waals surface area contributed by atoms with Gasteiger partial charge in [0.15, 0.2) is 0 Å². The van der Waals surface area contributed by atoms with Crippen LogP contribution in [0.15, 0.2) is 57.9 Å². The quantitative estimate of drug-likeness (QED) is 0.564. The Morgan fingerprint density at radius 2 is 1.81 bits per heavy atom. The molecule has 0 bridgehead atoms. The fraction of sp³-hybridized carbons (Fsp3) is 0.391. The second-order valence-corrected chi connectivity index (χ2v) is 10.1. The van der Waals surface area contributed by atoms with E-state index in [1.54, 1.807) is 12.1 Å². The Bertz CT molecular complexity index is 1120. The maximum absolute atomic E-state index is 13.1. The zero-order valence-electron chi connectivity index (χ0n) is 18.0. The Kier molecular flexibility index (Phi) is 6.11. The summed E-state index contributed by atoms with van der Waals surface area (Å²) in [5, 5.41) is 4.11. The summed E-state index contributed by atoms with van der Waals surface area (Å²) < 4.78 is 38.8. The maximum atomic E-state index is 13.1. The van der Waals surface area contributed by atoms with Crippen molar-refractivity contribution in [1.82, 2.24) is 14.4 Å². The summed E-state index contributed by atoms with van der Waals surface area (Å²) in [7, 11) is -3.55. The molecule has 1 atom stereocenters. The predicted octanol–water partition coefficient (Wildman–Crippen LogP) is 4.40. The first kappa shape index (κ1) is 21.5. The number of rotatable bonds is 6. The van der Waals surface area contributed by atoms with Gasteiger partial charge in [-0.15, -0.1) is 0 Å². The molecule has 31 heavy (non-hydrogen) atoms. The van der Waals surface area contributed by atoms with Gasteiger partial charge in [-0.3, -0.25) is 0 Å². The molecule has 2 aromatic carbocycles. The Hall–Kier alpha value is -2.71. The Balaban J connectivity index is 1.49. The first-order chi connectivity index (χ1) is 14.8. The van der Waals surface area contributed by atoms with Gasteiger partial charge in [-0.2, -0.15) is 9.29 Å². The summed E-state index contributed by atoms with van der Waals surface area (Å²) in [6.07, 6.45) is 1.66. The van der Waals surface area contributed by atoms with Gasteiger partial charge in [-0.1, -0.05) is 22.9 Å². The SMILES string of the molecule is Cc1ccc(S(=O)(=O)N2CCCC(c3nc(-c4ccc(OC(C)C)cc4)no3)C2)cc1. The molecule has 1 fully saturated rings. The van der Waals surface area contributed by atoms with Crippen LogP contribution >= 0.6 is 0 Å². The monoisotopic (exact) mass is 441 g/mol. The largest absolute Gasteiger partial charge is 0.491 e. The van der Waals surface area contributed by atoms with Crippen LogP contribution in [0, 0.1) is 6.92 Å². The lowest BCUT2D eigenvalue weighted by Gasteiger charge is -2.30. The smallest absolute Gasteiger partial charge is 0.243 e. The van der Waals surface area contributed by atoms with Crippen molar-refractivity contribution in [3.8, 4) is 17.1 Å². The van der Waals surface area contributed by atoms with E-state index in [1.165, 1.54) is 4.31 Å². The minimum Gasteiger partial charge on any atom is -0.491 e. The minimum absolute atomic E-state index is 0.105. The van der Waals surface area contributed by atoms with Crippen LogP contribution in [0.5, 0.6) is 5.75 Å². The zero-order valence-corrected chi connectivity index (χ0v) is 18.8. The first-order valence-corrected chi connectivity index (χ1v) is 11.9. The van der Waals surface area contributed by atoms with Gasteiger partial charge in [0, 0.05) is 18.7 Å². The van der Waals surface area contributed by atoms with Gasteiger partial charge in [0.05, 0.1) is 16.9 Å². The van der Waals surface area contributed by atoms with E-state index in [2.05, 4.69) is 10.1 Å². The summed E-state index contributed by atoms with van der Waals surface area (Å²) in [6.45, 7) is 6.72. The molecule has 3 aromatic rings. The highest BCUT2D eigenvalue weighted by Gasteiger charge is 2.33. The van der Waals surface area contributed by atoms with Gasteiger partial charge in [0.2, 0.25) is 21.7 Å². The molecule has 1 aromatic heterocycles. The van der Waals surface area contributed by atoms with Crippen LogP contribution in [-0.4, -0.2) is 42.1 Å². The lowest BCUT2D eigenvalue weighted by atomic mass is 10.00. The normalized spacial score (nSPS) is 17.7. The van der Waals surface area contributed by atoms with Gasteiger partial charge < -0.3 is 9.26 Å². The summed E-state index contributed by atoms with van der Waals surface area (Å²) in [4.78, 5) is 4.87. The van der Waals surface area contributed by atoms with Crippen LogP contribution in [0.3, 0.4) is 0 Å². The van der Waals surface area contributed by atoms with Gasteiger partial charge in [-0.25, -0.2) is 8.42 Å². The number of benzene rings is 2. The number of aryl methyl sites for hydroxylation is 1. The standard InChI is InChI=1S/C23H27N3O4S/c1-16(2)29-20-10-8-18(9-11-20)22-24-23(30-25-22)19-5-4-14-26(15-19)31(27,28)21-12-6-17(3)7-13-21/h6-13,16,19H,4-5,14-15H2,1-3H3. The molecule has 0 amide bonds. The molecule has 7 nitrogen and oxygen atoms in total. The third-order valence-corrected chi connectivity index (χ3v) is 7.20. The van der Waals surface area contributed by atoms with Crippen molar-refractivity contribution >= 4 is 10.0 Å². The number of hydrogen-bond acceptors (Lipinski definition) is 6. The average Bonchev–Trinajstić information content (AvgIpc) is 3.25. The van der Waals surface area contributed by atoms with Crippen molar-refractivity contribution in [3.05, 3.63) is 60.0 Å². The molecule has 1 unspecified atom stereocenters. The fourth-order valence-corrected chi connectivity index (χ4v) is 5.22. The molecule has 1 aliphatic heterocycles. The van der Waals surface area contributed by atoms with E-state index in [4.69, 9.17) is 9.26 Å². The van der Waals surface area contributed by atoms with Crippen LogP contribution in [0.1, 0.15) is 44.1 Å². The van der Waals surface area contributed by atoms with E-state index in [-0.39, 0.29) is 12.0 Å². The molecule has 0 aliphatic carbocycles. The lowest BCUT2D eigenvalue weighted by Crippen LogP contribution is -2.39. The van der Waals surface area contributed by atoms with Crippen LogP contribution in [-0.2, 0) is 10.0 Å². The Morgan fingerprint density at radius 1 is 1.10 bits per heavy atom. The Morgan fingerprint density at radius 3 is 2.48 bits per heavy atom. The molecule has 0 saturated carbocycles. The summed E-state index contributed by atoms with van der Waals surface area (Å²) >= 11 is 0. The number of nitrogens with zero attached hydrogens (tertiary/aromatic N) is 3. The molecule has 0 radical (unpaired) electrons. The highest BCUT2D eigenvalue weighted by molar-refractivity contribution is 7.89. The predicted molar refractivity (Wildman–Crippen MR) is 117 cm³/mol. The van der Waals surface area contributed by atoms with Crippen LogP contribution in [0.25, 0.3) is 11.4 Å². The minimum atomic E-state index is -3.55. The van der Waals surface area contributed by atoms with E-state index < -0.39 is 10.0 Å².